The van der Waals surface area contributed by atoms with Gasteiger partial charge in [-0.05, 0) is 60.5 Å². The second-order valence-electron chi connectivity index (χ2n) is 10.2. The Balaban J connectivity index is 1.84. The van der Waals surface area contributed by atoms with Crippen LogP contribution in [0.25, 0.3) is 0 Å². The quantitative estimate of drug-likeness (QED) is 0.174. The second-order valence-corrected chi connectivity index (χ2v) is 12.9. The maximum atomic E-state index is 14.3. The molecule has 0 bridgehead atoms. The summed E-state index contributed by atoms with van der Waals surface area (Å²) < 4.78 is 70.2. The molecule has 1 N–H and O–H groups in total. The second kappa shape index (κ2) is 15.0. The van der Waals surface area contributed by atoms with Crippen LogP contribution in [0, 0.1) is 0 Å². The monoisotopic (exact) mass is 691 g/mol. The van der Waals surface area contributed by atoms with E-state index in [1.165, 1.54) is 29.2 Å². The molecule has 0 aliphatic heterocycles. The van der Waals surface area contributed by atoms with Gasteiger partial charge in [0.05, 0.1) is 21.2 Å². The minimum absolute atomic E-state index is 0.0800. The molecule has 0 aromatic heterocycles. The SMILES string of the molecule is CCNC(=O)[C@@H](Cc1ccccc1)N(Cc1ccc(Cl)cc1)C(=O)CN(c1ccc(Cl)c(C(F)(F)F)c1)S(=O)(=O)c1ccccc1. The van der Waals surface area contributed by atoms with E-state index in [0.717, 1.165) is 17.7 Å². The molecule has 0 saturated carbocycles. The number of alkyl halides is 3. The summed E-state index contributed by atoms with van der Waals surface area (Å²) >= 11 is 11.9. The van der Waals surface area contributed by atoms with Crippen molar-refractivity contribution in [1.82, 2.24) is 10.2 Å². The molecule has 0 unspecified atom stereocenters. The zero-order valence-corrected chi connectivity index (χ0v) is 26.9. The predicted octanol–water partition coefficient (Wildman–Crippen LogP) is 6.98. The summed E-state index contributed by atoms with van der Waals surface area (Å²) in [6.45, 7) is 0.926. The van der Waals surface area contributed by atoms with E-state index in [1.54, 1.807) is 67.6 Å². The molecule has 0 saturated heterocycles. The largest absolute Gasteiger partial charge is 0.417 e. The van der Waals surface area contributed by atoms with Gasteiger partial charge in [0, 0.05) is 24.5 Å². The number of rotatable bonds is 12. The van der Waals surface area contributed by atoms with Crippen LogP contribution >= 0.6 is 23.2 Å². The van der Waals surface area contributed by atoms with Crippen molar-refractivity contribution < 1.29 is 31.2 Å². The first-order valence-electron chi connectivity index (χ1n) is 14.1. The molecule has 0 fully saturated rings. The molecule has 0 aliphatic carbocycles. The van der Waals surface area contributed by atoms with Gasteiger partial charge in [0.15, 0.2) is 0 Å². The van der Waals surface area contributed by atoms with Gasteiger partial charge in [0.1, 0.15) is 12.6 Å². The van der Waals surface area contributed by atoms with Crippen LogP contribution in [0.5, 0.6) is 0 Å². The van der Waals surface area contributed by atoms with Crippen LogP contribution in [0.3, 0.4) is 0 Å². The van der Waals surface area contributed by atoms with Gasteiger partial charge < -0.3 is 10.2 Å². The Morgan fingerprint density at radius 2 is 1.46 bits per heavy atom. The average molecular weight is 693 g/mol. The van der Waals surface area contributed by atoms with Gasteiger partial charge in [-0.25, -0.2) is 8.42 Å². The summed E-state index contributed by atoms with van der Waals surface area (Å²) in [6.07, 6.45) is -4.82. The van der Waals surface area contributed by atoms with Crippen molar-refractivity contribution in [1.29, 1.82) is 0 Å². The van der Waals surface area contributed by atoms with Gasteiger partial charge in [-0.1, -0.05) is 83.9 Å². The molecule has 0 aliphatic rings. The summed E-state index contributed by atoms with van der Waals surface area (Å²) in [5.74, 6) is -1.32. The maximum Gasteiger partial charge on any atom is 0.417 e. The van der Waals surface area contributed by atoms with Crippen molar-refractivity contribution in [3.8, 4) is 0 Å². The van der Waals surface area contributed by atoms with Gasteiger partial charge in [0.25, 0.3) is 10.0 Å². The molecule has 242 valence electrons. The number of amides is 2. The number of halogens is 5. The summed E-state index contributed by atoms with van der Waals surface area (Å²) in [5.41, 5.74) is -0.384. The third-order valence-electron chi connectivity index (χ3n) is 7.04. The maximum absolute atomic E-state index is 14.3. The highest BCUT2D eigenvalue weighted by Gasteiger charge is 2.37. The number of nitrogens with one attached hydrogen (secondary N) is 1. The fraction of sp³-hybridized carbons (Fsp3) is 0.212. The van der Waals surface area contributed by atoms with Gasteiger partial charge >= 0.3 is 6.18 Å². The number of nitrogens with zero attached hydrogens (tertiary/aromatic N) is 2. The van der Waals surface area contributed by atoms with Crippen molar-refractivity contribution in [3.63, 3.8) is 0 Å². The lowest BCUT2D eigenvalue weighted by molar-refractivity contribution is -0.140. The number of hydrogen-bond acceptors (Lipinski definition) is 4. The van der Waals surface area contributed by atoms with Gasteiger partial charge in [-0.3, -0.25) is 13.9 Å². The van der Waals surface area contributed by atoms with E-state index in [4.69, 9.17) is 23.2 Å². The summed E-state index contributed by atoms with van der Waals surface area (Å²) in [6, 6.07) is 24.0. The van der Waals surface area contributed by atoms with Crippen LogP contribution < -0.4 is 9.62 Å². The molecule has 1 atom stereocenters. The number of sulfonamides is 1. The Morgan fingerprint density at radius 3 is 2.04 bits per heavy atom. The van der Waals surface area contributed by atoms with E-state index < -0.39 is 56.9 Å². The molecule has 4 aromatic carbocycles. The Morgan fingerprint density at radius 1 is 0.848 bits per heavy atom. The molecule has 0 radical (unpaired) electrons. The highest BCUT2D eigenvalue weighted by atomic mass is 35.5. The predicted molar refractivity (Wildman–Crippen MR) is 172 cm³/mol. The molecule has 46 heavy (non-hydrogen) atoms. The lowest BCUT2D eigenvalue weighted by Crippen LogP contribution is -2.53. The highest BCUT2D eigenvalue weighted by Crippen LogP contribution is 2.38. The molecule has 4 rings (SSSR count). The van der Waals surface area contributed by atoms with Crippen molar-refractivity contribution in [3.05, 3.63) is 130 Å². The van der Waals surface area contributed by atoms with E-state index in [9.17, 15) is 31.2 Å². The zero-order chi connectivity index (χ0) is 33.5. The van der Waals surface area contributed by atoms with Crippen molar-refractivity contribution >= 4 is 50.7 Å². The van der Waals surface area contributed by atoms with Crippen LogP contribution in [0.2, 0.25) is 10.0 Å². The highest BCUT2D eigenvalue weighted by molar-refractivity contribution is 7.92. The average Bonchev–Trinajstić information content (AvgIpc) is 3.03. The standard InChI is InChI=1S/C33H30Cl2F3N3O4S/c1-2-39-32(43)30(19-23-9-5-3-6-10-23)40(21-24-13-15-25(34)16-14-24)31(42)22-41(46(44,45)27-11-7-4-8-12-27)26-17-18-29(35)28(20-26)33(36,37)38/h3-18,20,30H,2,19,21-22H2,1H3,(H,39,43)/t30-/m1/s1. The molecule has 0 spiro atoms. The number of carbonyl (C=O) groups is 2. The molecule has 13 heteroatoms. The van der Waals surface area contributed by atoms with Crippen molar-refractivity contribution in [2.45, 2.75) is 37.0 Å². The number of hydrogen-bond donors (Lipinski definition) is 1. The van der Waals surface area contributed by atoms with Crippen LogP contribution in [0.15, 0.2) is 108 Å². The number of likely N-dealkylation sites (N-methyl/N-ethyl adjacent to an activating group) is 1. The summed E-state index contributed by atoms with van der Waals surface area (Å²) in [7, 11) is -4.59. The summed E-state index contributed by atoms with van der Waals surface area (Å²) in [4.78, 5) is 28.8. The molecule has 4 aromatic rings. The normalized spacial score (nSPS) is 12.3. The minimum atomic E-state index is -4.90. The fourth-order valence-corrected chi connectivity index (χ4v) is 6.54. The minimum Gasteiger partial charge on any atom is -0.355 e. The van der Waals surface area contributed by atoms with Gasteiger partial charge in [0.2, 0.25) is 11.8 Å². The fourth-order valence-electron chi connectivity index (χ4n) is 4.77. The van der Waals surface area contributed by atoms with Crippen LogP contribution in [-0.2, 0) is 38.8 Å². The topological polar surface area (TPSA) is 86.8 Å². The van der Waals surface area contributed by atoms with E-state index in [-0.39, 0.29) is 24.4 Å². The van der Waals surface area contributed by atoms with E-state index >= 15 is 0 Å². The Hall–Kier alpha value is -4.06. The van der Waals surface area contributed by atoms with Crippen LogP contribution in [0.1, 0.15) is 23.6 Å². The van der Waals surface area contributed by atoms with E-state index in [0.29, 0.717) is 21.0 Å². The van der Waals surface area contributed by atoms with E-state index in [1.807, 2.05) is 0 Å². The lowest BCUT2D eigenvalue weighted by Gasteiger charge is -2.34. The Labute approximate surface area is 275 Å². The van der Waals surface area contributed by atoms with Gasteiger partial charge in [-0.15, -0.1) is 0 Å². The molecular formula is C33H30Cl2F3N3O4S. The molecule has 0 heterocycles. The summed E-state index contributed by atoms with van der Waals surface area (Å²) in [5, 5.41) is 2.55. The zero-order valence-electron chi connectivity index (χ0n) is 24.5. The first kappa shape index (κ1) is 34.8. The Bertz CT molecular complexity index is 1760. The van der Waals surface area contributed by atoms with Crippen LogP contribution in [-0.4, -0.2) is 44.3 Å². The van der Waals surface area contributed by atoms with Crippen molar-refractivity contribution in [2.75, 3.05) is 17.4 Å². The Kier molecular flexibility index (Phi) is 11.4. The molecule has 7 nitrogen and oxygen atoms in total. The first-order chi connectivity index (χ1) is 21.8. The molecule has 2 amide bonds. The lowest BCUT2D eigenvalue weighted by atomic mass is 10.0. The van der Waals surface area contributed by atoms with E-state index in [2.05, 4.69) is 5.32 Å². The van der Waals surface area contributed by atoms with Gasteiger partial charge in [-0.2, -0.15) is 13.2 Å². The van der Waals surface area contributed by atoms with Crippen molar-refractivity contribution in [2.24, 2.45) is 0 Å². The smallest absolute Gasteiger partial charge is 0.355 e. The number of benzene rings is 4. The third kappa shape index (κ3) is 8.60. The first-order valence-corrected chi connectivity index (χ1v) is 16.3. The molecular weight excluding hydrogens is 662 g/mol. The number of anilines is 1. The van der Waals surface area contributed by atoms with Crippen LogP contribution in [0.4, 0.5) is 18.9 Å². The number of carbonyl (C=O) groups excluding carboxylic acids is 2. The third-order valence-corrected chi connectivity index (χ3v) is 9.41.